The second kappa shape index (κ2) is 4.45. The zero-order chi connectivity index (χ0) is 9.68. The Morgan fingerprint density at radius 1 is 1.46 bits per heavy atom. The largest absolute Gasteiger partial charge is 0.478 e. The Balaban J connectivity index is 2.62. The number of para-hydroxylation sites is 1. The first-order valence-corrected chi connectivity index (χ1v) is 3.74. The summed E-state index contributed by atoms with van der Waals surface area (Å²) in [6.45, 7) is -1.04. The van der Waals surface area contributed by atoms with Crippen LogP contribution >= 0.6 is 0 Å². The van der Waals surface area contributed by atoms with Crippen molar-refractivity contribution in [1.82, 2.24) is 0 Å². The molecular weight excluding hydrogens is 175 g/mol. The van der Waals surface area contributed by atoms with Gasteiger partial charge in [-0.15, -0.1) is 0 Å². The molecule has 0 saturated carbocycles. The van der Waals surface area contributed by atoms with Gasteiger partial charge in [-0.25, -0.2) is 9.18 Å². The molecule has 4 heteroatoms. The van der Waals surface area contributed by atoms with E-state index in [4.69, 9.17) is 9.84 Å². The maximum absolute atomic E-state index is 12.1. The molecule has 0 aliphatic rings. The Hall–Kier alpha value is -1.58. The third-order valence-electron chi connectivity index (χ3n) is 1.44. The molecule has 1 aromatic rings. The van der Waals surface area contributed by atoms with Crippen LogP contribution in [0, 0.1) is 0 Å². The molecule has 0 radical (unpaired) electrons. The highest BCUT2D eigenvalue weighted by Gasteiger charge is 2.18. The Morgan fingerprint density at radius 3 is 2.54 bits per heavy atom. The lowest BCUT2D eigenvalue weighted by molar-refractivity contribution is -0.145. The molecule has 0 aliphatic carbocycles. The van der Waals surface area contributed by atoms with Crippen molar-refractivity contribution in [1.29, 1.82) is 0 Å². The summed E-state index contributed by atoms with van der Waals surface area (Å²) in [5, 5.41) is 8.47. The Morgan fingerprint density at radius 2 is 2.08 bits per heavy atom. The van der Waals surface area contributed by atoms with Crippen molar-refractivity contribution in [2.75, 3.05) is 6.67 Å². The van der Waals surface area contributed by atoms with Crippen molar-refractivity contribution < 1.29 is 19.0 Å². The van der Waals surface area contributed by atoms with E-state index in [1.165, 1.54) is 0 Å². The molecule has 70 valence electrons. The molecule has 1 unspecified atom stereocenters. The Bertz CT molecular complexity index is 273. The average molecular weight is 184 g/mol. The maximum atomic E-state index is 12.1. The van der Waals surface area contributed by atoms with E-state index >= 15 is 0 Å². The van der Waals surface area contributed by atoms with Crippen LogP contribution in [0.25, 0.3) is 0 Å². The summed E-state index contributed by atoms with van der Waals surface area (Å²) in [6, 6.07) is 8.29. The van der Waals surface area contributed by atoms with Crippen LogP contribution in [0.3, 0.4) is 0 Å². The first-order chi connectivity index (χ1) is 6.24. The highest BCUT2D eigenvalue weighted by atomic mass is 19.1. The van der Waals surface area contributed by atoms with Gasteiger partial charge in [0.2, 0.25) is 6.10 Å². The summed E-state index contributed by atoms with van der Waals surface area (Å²) in [5.74, 6) is -0.945. The van der Waals surface area contributed by atoms with E-state index in [1.54, 1.807) is 30.3 Å². The van der Waals surface area contributed by atoms with Gasteiger partial charge in [0.05, 0.1) is 0 Å². The number of carbonyl (C=O) groups is 1. The fourth-order valence-electron chi connectivity index (χ4n) is 0.811. The molecule has 0 amide bonds. The minimum absolute atomic E-state index is 0.354. The average Bonchev–Trinajstić information content (AvgIpc) is 2.15. The standard InChI is InChI=1S/C9H9FO3/c10-6-8(9(11)12)13-7-4-2-1-3-5-7/h1-5,8H,6H2,(H,11,12). The van der Waals surface area contributed by atoms with Crippen molar-refractivity contribution in [3.63, 3.8) is 0 Å². The van der Waals surface area contributed by atoms with Crippen molar-refractivity contribution in [3.05, 3.63) is 30.3 Å². The zero-order valence-electron chi connectivity index (χ0n) is 6.81. The number of hydrogen-bond donors (Lipinski definition) is 1. The van der Waals surface area contributed by atoms with Gasteiger partial charge in [0.15, 0.2) is 0 Å². The summed E-state index contributed by atoms with van der Waals surface area (Å²) in [7, 11) is 0. The molecule has 0 fully saturated rings. The number of carboxylic acids is 1. The molecule has 1 aromatic carbocycles. The summed E-state index contributed by atoms with van der Waals surface area (Å²) in [5.41, 5.74) is 0. The third kappa shape index (κ3) is 2.74. The van der Waals surface area contributed by atoms with E-state index in [1.807, 2.05) is 0 Å². The lowest BCUT2D eigenvalue weighted by Crippen LogP contribution is -2.28. The van der Waals surface area contributed by atoms with Gasteiger partial charge in [0.25, 0.3) is 0 Å². The van der Waals surface area contributed by atoms with Gasteiger partial charge in [-0.05, 0) is 12.1 Å². The fraction of sp³-hybridized carbons (Fsp3) is 0.222. The Labute approximate surface area is 74.8 Å². The quantitative estimate of drug-likeness (QED) is 0.771. The Kier molecular flexibility index (Phi) is 3.25. The molecule has 0 saturated heterocycles. The second-order valence-corrected chi connectivity index (χ2v) is 2.41. The smallest absolute Gasteiger partial charge is 0.347 e. The molecular formula is C9H9FO3. The van der Waals surface area contributed by atoms with Gasteiger partial charge in [0, 0.05) is 0 Å². The number of hydrogen-bond acceptors (Lipinski definition) is 2. The molecule has 0 spiro atoms. The number of aliphatic carboxylic acids is 1. The van der Waals surface area contributed by atoms with Crippen molar-refractivity contribution in [2.45, 2.75) is 6.10 Å². The number of ether oxygens (including phenoxy) is 1. The summed E-state index contributed by atoms with van der Waals surface area (Å²) in [4.78, 5) is 10.4. The molecule has 3 nitrogen and oxygen atoms in total. The van der Waals surface area contributed by atoms with Crippen molar-refractivity contribution >= 4 is 5.97 Å². The SMILES string of the molecule is O=C(O)C(CF)Oc1ccccc1. The van der Waals surface area contributed by atoms with Crippen LogP contribution in [0.2, 0.25) is 0 Å². The van der Waals surface area contributed by atoms with E-state index in [-0.39, 0.29) is 0 Å². The summed E-state index contributed by atoms with van der Waals surface area (Å²) >= 11 is 0. The normalized spacial score (nSPS) is 12.1. The first-order valence-electron chi connectivity index (χ1n) is 3.74. The highest BCUT2D eigenvalue weighted by Crippen LogP contribution is 2.11. The van der Waals surface area contributed by atoms with Crippen LogP contribution in [0.1, 0.15) is 0 Å². The first kappa shape index (κ1) is 9.51. The van der Waals surface area contributed by atoms with E-state index < -0.39 is 18.7 Å². The summed E-state index contributed by atoms with van der Waals surface area (Å²) < 4.78 is 16.9. The number of benzene rings is 1. The molecule has 1 rings (SSSR count). The van der Waals surface area contributed by atoms with Crippen LogP contribution < -0.4 is 4.74 Å². The molecule has 13 heavy (non-hydrogen) atoms. The molecule has 1 atom stereocenters. The zero-order valence-corrected chi connectivity index (χ0v) is 6.81. The van der Waals surface area contributed by atoms with Gasteiger partial charge < -0.3 is 9.84 Å². The number of halogens is 1. The van der Waals surface area contributed by atoms with Gasteiger partial charge in [0.1, 0.15) is 12.4 Å². The third-order valence-corrected chi connectivity index (χ3v) is 1.44. The molecule has 1 N–H and O–H groups in total. The number of carboxylic acid groups (broad SMARTS) is 1. The van der Waals surface area contributed by atoms with Crippen LogP contribution in [-0.2, 0) is 4.79 Å². The summed E-state index contributed by atoms with van der Waals surface area (Å²) in [6.07, 6.45) is -1.41. The van der Waals surface area contributed by atoms with Gasteiger partial charge >= 0.3 is 5.97 Å². The van der Waals surface area contributed by atoms with E-state index in [0.717, 1.165) is 0 Å². The predicted octanol–water partition coefficient (Wildman–Crippen LogP) is 1.49. The molecule has 0 aromatic heterocycles. The van der Waals surface area contributed by atoms with Gasteiger partial charge in [-0.3, -0.25) is 0 Å². The topological polar surface area (TPSA) is 46.5 Å². The van der Waals surface area contributed by atoms with Crippen LogP contribution in [0.15, 0.2) is 30.3 Å². The number of alkyl halides is 1. The van der Waals surface area contributed by atoms with Crippen molar-refractivity contribution in [3.8, 4) is 5.75 Å². The van der Waals surface area contributed by atoms with Crippen LogP contribution in [0.5, 0.6) is 5.75 Å². The molecule has 0 bridgehead atoms. The van der Waals surface area contributed by atoms with Crippen molar-refractivity contribution in [2.24, 2.45) is 0 Å². The maximum Gasteiger partial charge on any atom is 0.347 e. The second-order valence-electron chi connectivity index (χ2n) is 2.41. The van der Waals surface area contributed by atoms with E-state index in [0.29, 0.717) is 5.75 Å². The van der Waals surface area contributed by atoms with E-state index in [2.05, 4.69) is 0 Å². The van der Waals surface area contributed by atoms with Crippen LogP contribution in [0.4, 0.5) is 4.39 Å². The van der Waals surface area contributed by atoms with Crippen LogP contribution in [-0.4, -0.2) is 23.9 Å². The highest BCUT2D eigenvalue weighted by molar-refractivity contribution is 5.72. The molecule has 0 heterocycles. The van der Waals surface area contributed by atoms with Gasteiger partial charge in [-0.1, -0.05) is 18.2 Å². The minimum Gasteiger partial charge on any atom is -0.478 e. The lowest BCUT2D eigenvalue weighted by Gasteiger charge is -2.10. The van der Waals surface area contributed by atoms with E-state index in [9.17, 15) is 9.18 Å². The molecule has 0 aliphatic heterocycles. The lowest BCUT2D eigenvalue weighted by atomic mass is 10.3. The fourth-order valence-corrected chi connectivity index (χ4v) is 0.811. The minimum atomic E-state index is -1.41. The predicted molar refractivity (Wildman–Crippen MR) is 44.5 cm³/mol. The monoisotopic (exact) mass is 184 g/mol. The van der Waals surface area contributed by atoms with Gasteiger partial charge in [-0.2, -0.15) is 0 Å². The number of rotatable bonds is 4.